The lowest BCUT2D eigenvalue weighted by Crippen LogP contribution is -2.11. The van der Waals surface area contributed by atoms with E-state index in [4.69, 9.17) is 23.4 Å². The minimum atomic E-state index is -0.834. The van der Waals surface area contributed by atoms with Crippen molar-refractivity contribution in [3.05, 3.63) is 12.1 Å². The minimum absolute atomic E-state index is 0.0931. The fourth-order valence-electron chi connectivity index (χ4n) is 4.38. The molecular weight excluding hydrogens is 496 g/mol. The molecule has 0 saturated carbocycles. The van der Waals surface area contributed by atoms with Crippen LogP contribution in [0.25, 0.3) is 0 Å². The highest BCUT2D eigenvalue weighted by molar-refractivity contribution is 5.64. The van der Waals surface area contributed by atoms with Crippen LogP contribution in [0, 0.1) is 11.8 Å². The standard InChI is InChI=1S/C32H56O7/c1-27(2)21-17-13-9-5-7-11-15-19-25-35-31(33)38-29-23-24-30(37-29)39-32(34)36-26-20-16-12-8-6-10-14-18-22-28(3)4/h23-24,27-28H,5-22,25-26H2,1-4H3. The summed E-state index contributed by atoms with van der Waals surface area (Å²) in [5, 5.41) is 0. The van der Waals surface area contributed by atoms with Crippen LogP contribution in [0.3, 0.4) is 0 Å². The van der Waals surface area contributed by atoms with Crippen LogP contribution in [0.1, 0.15) is 143 Å². The molecule has 0 aliphatic heterocycles. The number of ether oxygens (including phenoxy) is 4. The number of hydrogen-bond acceptors (Lipinski definition) is 7. The molecule has 7 heteroatoms. The highest BCUT2D eigenvalue weighted by Gasteiger charge is 2.14. The molecule has 39 heavy (non-hydrogen) atoms. The average molecular weight is 553 g/mol. The van der Waals surface area contributed by atoms with E-state index in [-0.39, 0.29) is 11.9 Å². The SMILES string of the molecule is CC(C)CCCCCCCCCCOC(=O)Oc1ccc(OC(=O)OCCCCCCCCCCC(C)C)o1. The number of furan rings is 1. The Morgan fingerprint density at radius 1 is 0.538 bits per heavy atom. The van der Waals surface area contributed by atoms with Gasteiger partial charge in [0.05, 0.1) is 13.2 Å². The Hall–Kier alpha value is -2.18. The molecule has 0 aliphatic rings. The number of hydrogen-bond donors (Lipinski definition) is 0. The van der Waals surface area contributed by atoms with E-state index < -0.39 is 12.3 Å². The molecule has 0 aliphatic carbocycles. The van der Waals surface area contributed by atoms with Gasteiger partial charge in [0.2, 0.25) is 0 Å². The maximum absolute atomic E-state index is 11.8. The number of carbonyl (C=O) groups is 2. The summed E-state index contributed by atoms with van der Waals surface area (Å²) in [5.74, 6) is 1.42. The van der Waals surface area contributed by atoms with Crippen LogP contribution in [0.4, 0.5) is 9.59 Å². The predicted octanol–water partition coefficient (Wildman–Crippen LogP) is 10.6. The van der Waals surface area contributed by atoms with Gasteiger partial charge in [0, 0.05) is 12.1 Å². The van der Waals surface area contributed by atoms with Gasteiger partial charge < -0.3 is 23.4 Å². The number of rotatable bonds is 24. The third-order valence-electron chi connectivity index (χ3n) is 6.72. The Morgan fingerprint density at radius 3 is 1.18 bits per heavy atom. The molecule has 0 amide bonds. The second kappa shape index (κ2) is 23.7. The summed E-state index contributed by atoms with van der Waals surface area (Å²) in [6.45, 7) is 9.72. The molecule has 0 saturated heterocycles. The topological polar surface area (TPSA) is 84.2 Å². The van der Waals surface area contributed by atoms with E-state index >= 15 is 0 Å². The van der Waals surface area contributed by atoms with E-state index in [1.165, 1.54) is 89.2 Å². The normalized spacial score (nSPS) is 11.2. The van der Waals surface area contributed by atoms with Crippen LogP contribution < -0.4 is 9.47 Å². The van der Waals surface area contributed by atoms with Crippen molar-refractivity contribution < 1.29 is 33.0 Å². The van der Waals surface area contributed by atoms with E-state index in [1.807, 2.05) is 0 Å². The lowest BCUT2D eigenvalue weighted by Gasteiger charge is -2.06. The van der Waals surface area contributed by atoms with Crippen LogP contribution in [0.15, 0.2) is 16.5 Å². The van der Waals surface area contributed by atoms with Crippen LogP contribution in [0.5, 0.6) is 11.9 Å². The summed E-state index contributed by atoms with van der Waals surface area (Å²) >= 11 is 0. The second-order valence-corrected chi connectivity index (χ2v) is 11.5. The molecule has 0 radical (unpaired) electrons. The Morgan fingerprint density at radius 2 is 0.846 bits per heavy atom. The molecule has 0 unspecified atom stereocenters. The summed E-state index contributed by atoms with van der Waals surface area (Å²) in [6, 6.07) is 2.79. The summed E-state index contributed by atoms with van der Waals surface area (Å²) in [4.78, 5) is 23.7. The van der Waals surface area contributed by atoms with E-state index in [2.05, 4.69) is 27.7 Å². The highest BCUT2D eigenvalue weighted by Crippen LogP contribution is 2.23. The van der Waals surface area contributed by atoms with Gasteiger partial charge in [-0.05, 0) is 24.7 Å². The van der Waals surface area contributed by atoms with Crippen molar-refractivity contribution in [1.29, 1.82) is 0 Å². The average Bonchev–Trinajstić information content (AvgIpc) is 3.31. The third kappa shape index (κ3) is 22.3. The van der Waals surface area contributed by atoms with Crippen molar-refractivity contribution in [1.82, 2.24) is 0 Å². The third-order valence-corrected chi connectivity index (χ3v) is 6.72. The summed E-state index contributed by atoms with van der Waals surface area (Å²) in [6.07, 6.45) is 19.9. The second-order valence-electron chi connectivity index (χ2n) is 11.5. The van der Waals surface area contributed by atoms with Gasteiger partial charge in [-0.1, -0.05) is 130 Å². The summed E-state index contributed by atoms with van der Waals surface area (Å²) in [7, 11) is 0. The van der Waals surface area contributed by atoms with Crippen molar-refractivity contribution in [2.45, 2.75) is 143 Å². The van der Waals surface area contributed by atoms with E-state index in [1.54, 1.807) is 0 Å². The smallest absolute Gasteiger partial charge is 0.434 e. The molecule has 0 fully saturated rings. The molecule has 0 atom stereocenters. The number of carbonyl (C=O) groups excluding carboxylic acids is 2. The molecule has 1 rings (SSSR count). The largest absolute Gasteiger partial charge is 0.516 e. The Bertz CT molecular complexity index is 667. The molecule has 1 aromatic heterocycles. The van der Waals surface area contributed by atoms with Gasteiger partial charge in [-0.3, -0.25) is 0 Å². The zero-order chi connectivity index (χ0) is 28.6. The zero-order valence-electron chi connectivity index (χ0n) is 25.3. The van der Waals surface area contributed by atoms with Gasteiger partial charge in [0.1, 0.15) is 0 Å². The van der Waals surface area contributed by atoms with Crippen molar-refractivity contribution in [3.63, 3.8) is 0 Å². The molecular formula is C32H56O7. The molecule has 1 aromatic rings. The first-order valence-electron chi connectivity index (χ1n) is 15.7. The number of unbranched alkanes of at least 4 members (excludes halogenated alkanes) is 14. The van der Waals surface area contributed by atoms with Crippen LogP contribution in [-0.4, -0.2) is 25.5 Å². The van der Waals surface area contributed by atoms with Crippen molar-refractivity contribution in [3.8, 4) is 11.9 Å². The lowest BCUT2D eigenvalue weighted by molar-refractivity contribution is 0.0787. The molecule has 0 N–H and O–H groups in total. The van der Waals surface area contributed by atoms with Gasteiger partial charge in [0.25, 0.3) is 11.9 Å². The maximum Gasteiger partial charge on any atom is 0.516 e. The van der Waals surface area contributed by atoms with E-state index in [0.717, 1.165) is 50.4 Å². The van der Waals surface area contributed by atoms with Crippen LogP contribution >= 0.6 is 0 Å². The molecule has 226 valence electrons. The Labute approximate surface area is 237 Å². The van der Waals surface area contributed by atoms with Crippen molar-refractivity contribution in [2.75, 3.05) is 13.2 Å². The minimum Gasteiger partial charge on any atom is -0.434 e. The van der Waals surface area contributed by atoms with Gasteiger partial charge in [-0.25, -0.2) is 9.59 Å². The van der Waals surface area contributed by atoms with Crippen LogP contribution in [-0.2, 0) is 9.47 Å². The first kappa shape index (κ1) is 34.8. The lowest BCUT2D eigenvalue weighted by atomic mass is 10.0. The molecule has 1 heterocycles. The van der Waals surface area contributed by atoms with E-state index in [0.29, 0.717) is 13.2 Å². The zero-order valence-corrected chi connectivity index (χ0v) is 25.3. The summed E-state index contributed by atoms with van der Waals surface area (Å²) in [5.41, 5.74) is 0. The quantitative estimate of drug-likeness (QED) is 0.0931. The van der Waals surface area contributed by atoms with Gasteiger partial charge >= 0.3 is 12.3 Å². The Balaban J connectivity index is 1.97. The van der Waals surface area contributed by atoms with Crippen molar-refractivity contribution >= 4 is 12.3 Å². The van der Waals surface area contributed by atoms with Gasteiger partial charge in [-0.15, -0.1) is 0 Å². The monoisotopic (exact) mass is 552 g/mol. The fourth-order valence-corrected chi connectivity index (χ4v) is 4.38. The van der Waals surface area contributed by atoms with Crippen LogP contribution in [0.2, 0.25) is 0 Å². The fraction of sp³-hybridized carbons (Fsp3) is 0.812. The van der Waals surface area contributed by atoms with E-state index in [9.17, 15) is 9.59 Å². The molecule has 0 aromatic carbocycles. The maximum atomic E-state index is 11.8. The molecule has 0 bridgehead atoms. The molecule has 7 nitrogen and oxygen atoms in total. The van der Waals surface area contributed by atoms with Gasteiger partial charge in [-0.2, -0.15) is 0 Å². The first-order valence-corrected chi connectivity index (χ1v) is 15.7. The van der Waals surface area contributed by atoms with Gasteiger partial charge in [0.15, 0.2) is 0 Å². The Kier molecular flexibility index (Phi) is 21.2. The predicted molar refractivity (Wildman–Crippen MR) is 155 cm³/mol. The summed E-state index contributed by atoms with van der Waals surface area (Å²) < 4.78 is 25.4. The first-order chi connectivity index (χ1) is 18.9. The highest BCUT2D eigenvalue weighted by atomic mass is 16.8. The molecule has 0 spiro atoms. The van der Waals surface area contributed by atoms with Crippen molar-refractivity contribution in [2.24, 2.45) is 11.8 Å².